The van der Waals surface area contributed by atoms with E-state index in [0.29, 0.717) is 0 Å². The molecule has 1 atom stereocenters. The van der Waals surface area contributed by atoms with Gasteiger partial charge in [-0.25, -0.2) is 0 Å². The fraction of sp³-hybridized carbons (Fsp3) is 0.231. The number of rotatable bonds is 3. The lowest BCUT2D eigenvalue weighted by Crippen LogP contribution is -2.05. The van der Waals surface area contributed by atoms with Crippen LogP contribution in [0.15, 0.2) is 43.7 Å². The van der Waals surface area contributed by atoms with Crippen molar-refractivity contribution in [2.24, 2.45) is 0 Å². The van der Waals surface area contributed by atoms with Crippen LogP contribution in [0.3, 0.4) is 0 Å². The molecule has 2 aromatic rings. The lowest BCUT2D eigenvalue weighted by atomic mass is 10.2. The smallest absolute Gasteiger partial charge is 0.126 e. The molecule has 17 heavy (non-hydrogen) atoms. The van der Waals surface area contributed by atoms with E-state index < -0.39 is 0 Å². The summed E-state index contributed by atoms with van der Waals surface area (Å²) in [5.41, 5.74) is 1.05. The molecule has 0 saturated carbocycles. The van der Waals surface area contributed by atoms with E-state index in [1.54, 1.807) is 0 Å². The normalized spacial score (nSPS) is 12.5. The van der Waals surface area contributed by atoms with Crippen molar-refractivity contribution in [1.82, 2.24) is 0 Å². The van der Waals surface area contributed by atoms with Crippen LogP contribution in [0.25, 0.3) is 0 Å². The monoisotopic (exact) mass is 357 g/mol. The van der Waals surface area contributed by atoms with Crippen molar-refractivity contribution in [1.29, 1.82) is 0 Å². The van der Waals surface area contributed by atoms with Crippen LogP contribution in [0.4, 0.5) is 5.69 Å². The molecule has 90 valence electrons. The molecule has 0 aliphatic heterocycles. The van der Waals surface area contributed by atoms with Crippen molar-refractivity contribution in [2.45, 2.75) is 19.9 Å². The highest BCUT2D eigenvalue weighted by Gasteiger charge is 2.10. The summed E-state index contributed by atoms with van der Waals surface area (Å²) < 4.78 is 7.68. The molecule has 2 nitrogen and oxygen atoms in total. The molecule has 1 heterocycles. The Balaban J connectivity index is 2.15. The van der Waals surface area contributed by atoms with Crippen LogP contribution in [-0.4, -0.2) is 0 Å². The van der Waals surface area contributed by atoms with Gasteiger partial charge >= 0.3 is 0 Å². The number of halogens is 2. The number of benzene rings is 1. The second-order valence-corrected chi connectivity index (χ2v) is 5.71. The average molecular weight is 359 g/mol. The van der Waals surface area contributed by atoms with E-state index in [1.165, 1.54) is 0 Å². The fourth-order valence-electron chi connectivity index (χ4n) is 1.60. The van der Waals surface area contributed by atoms with E-state index in [4.69, 9.17) is 4.42 Å². The molecular weight excluding hydrogens is 346 g/mol. The van der Waals surface area contributed by atoms with E-state index in [1.807, 2.05) is 37.3 Å². The van der Waals surface area contributed by atoms with Crippen LogP contribution < -0.4 is 5.32 Å². The van der Waals surface area contributed by atoms with Crippen LogP contribution in [0, 0.1) is 6.92 Å². The number of hydrogen-bond acceptors (Lipinski definition) is 2. The molecule has 4 heteroatoms. The van der Waals surface area contributed by atoms with Gasteiger partial charge in [-0.05, 0) is 60.1 Å². The van der Waals surface area contributed by atoms with Crippen LogP contribution in [0.1, 0.15) is 24.5 Å². The Kier molecular flexibility index (Phi) is 3.94. The topological polar surface area (TPSA) is 25.2 Å². The third-order valence-corrected chi connectivity index (χ3v) is 3.64. The molecule has 0 saturated heterocycles. The molecule has 0 fully saturated rings. The zero-order chi connectivity index (χ0) is 12.4. The Morgan fingerprint density at radius 1 is 1.18 bits per heavy atom. The summed E-state index contributed by atoms with van der Waals surface area (Å²) in [4.78, 5) is 0. The second kappa shape index (κ2) is 5.27. The Morgan fingerprint density at radius 3 is 2.53 bits per heavy atom. The summed E-state index contributed by atoms with van der Waals surface area (Å²) >= 11 is 6.96. The largest absolute Gasteiger partial charge is 0.464 e. The summed E-state index contributed by atoms with van der Waals surface area (Å²) in [7, 11) is 0. The molecule has 0 amide bonds. The molecule has 0 bridgehead atoms. The van der Waals surface area contributed by atoms with Gasteiger partial charge in [0.25, 0.3) is 0 Å². The lowest BCUT2D eigenvalue weighted by molar-refractivity contribution is 0.467. The molecule has 1 N–H and O–H groups in total. The van der Waals surface area contributed by atoms with E-state index in [-0.39, 0.29) is 6.04 Å². The molecule has 1 aromatic heterocycles. The third kappa shape index (κ3) is 3.13. The first-order valence-corrected chi connectivity index (χ1v) is 6.93. The molecule has 2 rings (SSSR count). The second-order valence-electron chi connectivity index (χ2n) is 3.94. The van der Waals surface area contributed by atoms with E-state index >= 15 is 0 Å². The Hall–Kier alpha value is -0.740. The van der Waals surface area contributed by atoms with Gasteiger partial charge in [-0.1, -0.05) is 15.9 Å². The van der Waals surface area contributed by atoms with Gasteiger partial charge in [0.15, 0.2) is 0 Å². The number of furan rings is 1. The Morgan fingerprint density at radius 2 is 1.94 bits per heavy atom. The van der Waals surface area contributed by atoms with Crippen molar-refractivity contribution >= 4 is 37.5 Å². The van der Waals surface area contributed by atoms with Gasteiger partial charge in [-0.15, -0.1) is 0 Å². The molecule has 1 aromatic carbocycles. The molecular formula is C13H13Br2NO. The molecule has 1 unspecified atom stereocenters. The highest BCUT2D eigenvalue weighted by molar-refractivity contribution is 9.11. The van der Waals surface area contributed by atoms with Crippen molar-refractivity contribution in [2.75, 3.05) is 5.32 Å². The van der Waals surface area contributed by atoms with Gasteiger partial charge in [0.05, 0.1) is 6.04 Å². The summed E-state index contributed by atoms with van der Waals surface area (Å²) in [5, 5.41) is 3.41. The van der Waals surface area contributed by atoms with Crippen LogP contribution >= 0.6 is 31.9 Å². The summed E-state index contributed by atoms with van der Waals surface area (Å²) in [6.07, 6.45) is 0. The Labute approximate surface area is 118 Å². The lowest BCUT2D eigenvalue weighted by Gasteiger charge is -2.14. The molecule has 0 spiro atoms. The van der Waals surface area contributed by atoms with E-state index in [0.717, 1.165) is 26.2 Å². The SMILES string of the molecule is Cc1ccc(C(C)Nc2ccc(Br)cc2Br)o1. The van der Waals surface area contributed by atoms with Crippen LogP contribution in [0.2, 0.25) is 0 Å². The maximum atomic E-state index is 5.59. The van der Waals surface area contributed by atoms with Crippen molar-refractivity contribution < 1.29 is 4.42 Å². The van der Waals surface area contributed by atoms with Gasteiger partial charge in [0, 0.05) is 14.6 Å². The van der Waals surface area contributed by atoms with Crippen molar-refractivity contribution in [3.8, 4) is 0 Å². The molecule has 0 aliphatic rings. The number of nitrogens with one attached hydrogen (secondary N) is 1. The quantitative estimate of drug-likeness (QED) is 0.806. The van der Waals surface area contributed by atoms with Gasteiger partial charge in [-0.3, -0.25) is 0 Å². The predicted molar refractivity (Wildman–Crippen MR) is 77.3 cm³/mol. The van der Waals surface area contributed by atoms with Gasteiger partial charge in [-0.2, -0.15) is 0 Å². The number of hydrogen-bond donors (Lipinski definition) is 1. The predicted octanol–water partition coefficient (Wildman–Crippen LogP) is 5.29. The van der Waals surface area contributed by atoms with Crippen molar-refractivity contribution in [3.63, 3.8) is 0 Å². The highest BCUT2D eigenvalue weighted by atomic mass is 79.9. The first-order chi connectivity index (χ1) is 8.06. The number of aryl methyl sites for hydroxylation is 1. The third-order valence-electron chi connectivity index (χ3n) is 2.49. The van der Waals surface area contributed by atoms with E-state index in [9.17, 15) is 0 Å². The summed E-state index contributed by atoms with van der Waals surface area (Å²) in [6.45, 7) is 4.03. The van der Waals surface area contributed by atoms with Crippen molar-refractivity contribution in [3.05, 3.63) is 50.8 Å². The van der Waals surface area contributed by atoms with Crippen LogP contribution in [-0.2, 0) is 0 Å². The highest BCUT2D eigenvalue weighted by Crippen LogP contribution is 2.29. The standard InChI is InChI=1S/C13H13Br2NO/c1-8-3-6-13(17-8)9(2)16-12-5-4-10(14)7-11(12)15/h3-7,9,16H,1-2H3. The zero-order valence-electron chi connectivity index (χ0n) is 9.63. The maximum absolute atomic E-state index is 5.59. The van der Waals surface area contributed by atoms with Gasteiger partial charge in [0.2, 0.25) is 0 Å². The fourth-order valence-corrected chi connectivity index (χ4v) is 2.76. The average Bonchev–Trinajstić information content (AvgIpc) is 2.69. The van der Waals surface area contributed by atoms with E-state index in [2.05, 4.69) is 44.1 Å². The first kappa shape index (κ1) is 12.7. The van der Waals surface area contributed by atoms with Gasteiger partial charge < -0.3 is 9.73 Å². The minimum Gasteiger partial charge on any atom is -0.464 e. The summed E-state index contributed by atoms with van der Waals surface area (Å²) in [6, 6.07) is 10.2. The maximum Gasteiger partial charge on any atom is 0.126 e. The first-order valence-electron chi connectivity index (χ1n) is 5.34. The minimum absolute atomic E-state index is 0.140. The molecule has 0 radical (unpaired) electrons. The Bertz CT molecular complexity index is 522. The molecule has 0 aliphatic carbocycles. The summed E-state index contributed by atoms with van der Waals surface area (Å²) in [5.74, 6) is 1.88. The van der Waals surface area contributed by atoms with Crippen LogP contribution in [0.5, 0.6) is 0 Å². The van der Waals surface area contributed by atoms with Gasteiger partial charge in [0.1, 0.15) is 11.5 Å². The zero-order valence-corrected chi connectivity index (χ0v) is 12.8. The number of anilines is 1. The minimum atomic E-state index is 0.140.